The molecule has 0 saturated heterocycles. The number of nitrogens with one attached hydrogen (secondary N) is 2. The van der Waals surface area contributed by atoms with E-state index in [1.807, 2.05) is 0 Å². The fraction of sp³-hybridized carbons (Fsp3) is 0.200. The summed E-state index contributed by atoms with van der Waals surface area (Å²) < 4.78 is 5.05. The lowest BCUT2D eigenvalue weighted by Gasteiger charge is -2.05. The number of anilines is 1. The Morgan fingerprint density at radius 1 is 1.53 bits per heavy atom. The second-order valence-corrected chi connectivity index (χ2v) is 3.28. The zero-order chi connectivity index (χ0) is 12.1. The van der Waals surface area contributed by atoms with Crippen molar-refractivity contribution in [3.05, 3.63) is 30.1 Å². The summed E-state index contributed by atoms with van der Waals surface area (Å²) in [6.07, 6.45) is 0.0771. The molecule has 0 radical (unpaired) electrons. The van der Waals surface area contributed by atoms with Crippen LogP contribution >= 0.6 is 0 Å². The van der Waals surface area contributed by atoms with E-state index in [2.05, 4.69) is 25.9 Å². The number of aromatic amines is 1. The molecule has 2 rings (SSSR count). The monoisotopic (exact) mass is 233 g/mol. The zero-order valence-electron chi connectivity index (χ0n) is 9.17. The molecule has 1 amide bonds. The van der Waals surface area contributed by atoms with Crippen molar-refractivity contribution in [1.29, 1.82) is 0 Å². The van der Waals surface area contributed by atoms with Crippen LogP contribution in [0.4, 0.5) is 5.69 Å². The van der Waals surface area contributed by atoms with E-state index < -0.39 is 0 Å². The molecule has 1 aromatic heterocycles. The average Bonchev–Trinajstić information content (AvgIpc) is 2.82. The van der Waals surface area contributed by atoms with Gasteiger partial charge in [-0.15, -0.1) is 10.2 Å². The minimum absolute atomic E-state index is 0.0771. The molecule has 0 fully saturated rings. The Hall–Kier alpha value is -2.44. The summed E-state index contributed by atoms with van der Waals surface area (Å²) in [5, 5.41) is 15.8. The molecular formula is C10H11N5O2. The van der Waals surface area contributed by atoms with E-state index in [0.29, 0.717) is 17.3 Å². The molecule has 1 aromatic carbocycles. The Morgan fingerprint density at radius 2 is 2.41 bits per heavy atom. The highest BCUT2D eigenvalue weighted by molar-refractivity contribution is 5.91. The molecule has 17 heavy (non-hydrogen) atoms. The summed E-state index contributed by atoms with van der Waals surface area (Å²) >= 11 is 0. The normalized spacial score (nSPS) is 9.94. The first kappa shape index (κ1) is 11.1. The summed E-state index contributed by atoms with van der Waals surface area (Å²) in [5.74, 6) is 0.826. The van der Waals surface area contributed by atoms with Crippen molar-refractivity contribution in [1.82, 2.24) is 20.6 Å². The van der Waals surface area contributed by atoms with Crippen LogP contribution in [0, 0.1) is 0 Å². The molecule has 7 heteroatoms. The highest BCUT2D eigenvalue weighted by Gasteiger charge is 2.07. The van der Waals surface area contributed by atoms with Gasteiger partial charge in [0, 0.05) is 11.8 Å². The molecule has 0 aliphatic carbocycles. The minimum atomic E-state index is -0.209. The Bertz CT molecular complexity index is 497. The van der Waals surface area contributed by atoms with Crippen LogP contribution in [-0.2, 0) is 11.2 Å². The van der Waals surface area contributed by atoms with E-state index in [0.717, 1.165) is 0 Å². The van der Waals surface area contributed by atoms with Crippen LogP contribution in [0.15, 0.2) is 24.3 Å². The van der Waals surface area contributed by atoms with Gasteiger partial charge in [-0.2, -0.15) is 5.21 Å². The Balaban J connectivity index is 1.98. The molecule has 88 valence electrons. The van der Waals surface area contributed by atoms with Gasteiger partial charge in [0.15, 0.2) is 5.82 Å². The second-order valence-electron chi connectivity index (χ2n) is 3.28. The number of amides is 1. The number of tetrazole rings is 1. The first-order valence-corrected chi connectivity index (χ1v) is 4.94. The standard InChI is InChI=1S/C10H11N5O2/c1-17-8-4-2-3-7(5-8)11-10(16)6-9-12-14-15-13-9/h2-5H,6H2,1H3,(H,11,16)(H,12,13,14,15). The molecule has 7 nitrogen and oxygen atoms in total. The minimum Gasteiger partial charge on any atom is -0.497 e. The third-order valence-corrected chi connectivity index (χ3v) is 2.06. The molecule has 1 heterocycles. The van der Waals surface area contributed by atoms with E-state index in [-0.39, 0.29) is 12.3 Å². The van der Waals surface area contributed by atoms with Crippen molar-refractivity contribution in [2.24, 2.45) is 0 Å². The highest BCUT2D eigenvalue weighted by atomic mass is 16.5. The van der Waals surface area contributed by atoms with E-state index in [4.69, 9.17) is 4.74 Å². The fourth-order valence-corrected chi connectivity index (χ4v) is 1.31. The maximum atomic E-state index is 11.6. The van der Waals surface area contributed by atoms with Crippen molar-refractivity contribution >= 4 is 11.6 Å². The maximum Gasteiger partial charge on any atom is 0.232 e. The summed E-state index contributed by atoms with van der Waals surface area (Å²) in [4.78, 5) is 11.6. The molecule has 0 bridgehead atoms. The predicted molar refractivity (Wildman–Crippen MR) is 59.5 cm³/mol. The van der Waals surface area contributed by atoms with Crippen molar-refractivity contribution in [2.45, 2.75) is 6.42 Å². The first-order valence-electron chi connectivity index (χ1n) is 4.94. The summed E-state index contributed by atoms with van der Waals surface area (Å²) in [6.45, 7) is 0. The van der Waals surface area contributed by atoms with Gasteiger partial charge in [0.05, 0.1) is 13.5 Å². The SMILES string of the molecule is COc1cccc(NC(=O)Cc2nn[nH]n2)c1. The van der Waals surface area contributed by atoms with Crippen molar-refractivity contribution < 1.29 is 9.53 Å². The molecule has 0 spiro atoms. The van der Waals surface area contributed by atoms with Crippen LogP contribution < -0.4 is 10.1 Å². The number of carbonyl (C=O) groups excluding carboxylic acids is 1. The molecule has 2 aromatic rings. The summed E-state index contributed by atoms with van der Waals surface area (Å²) in [5.41, 5.74) is 0.665. The number of nitrogens with zero attached hydrogens (tertiary/aromatic N) is 3. The van der Waals surface area contributed by atoms with E-state index >= 15 is 0 Å². The van der Waals surface area contributed by atoms with E-state index in [9.17, 15) is 4.79 Å². The Morgan fingerprint density at radius 3 is 3.12 bits per heavy atom. The van der Waals surface area contributed by atoms with Gasteiger partial charge >= 0.3 is 0 Å². The van der Waals surface area contributed by atoms with E-state index in [1.54, 1.807) is 31.4 Å². The largest absolute Gasteiger partial charge is 0.497 e. The average molecular weight is 233 g/mol. The number of methoxy groups -OCH3 is 1. The van der Waals surface area contributed by atoms with Gasteiger partial charge < -0.3 is 10.1 Å². The third kappa shape index (κ3) is 3.00. The van der Waals surface area contributed by atoms with Crippen LogP contribution in [0.1, 0.15) is 5.82 Å². The van der Waals surface area contributed by atoms with Crippen molar-refractivity contribution in [3.63, 3.8) is 0 Å². The van der Waals surface area contributed by atoms with Crippen molar-refractivity contribution in [2.75, 3.05) is 12.4 Å². The molecule has 0 unspecified atom stereocenters. The van der Waals surface area contributed by atoms with Gasteiger partial charge in [-0.05, 0) is 12.1 Å². The molecule has 0 aliphatic heterocycles. The number of hydrogen-bond donors (Lipinski definition) is 2. The predicted octanol–water partition coefficient (Wildman–Crippen LogP) is 0.389. The van der Waals surface area contributed by atoms with Gasteiger partial charge in [-0.25, -0.2) is 0 Å². The van der Waals surface area contributed by atoms with E-state index in [1.165, 1.54) is 0 Å². The fourth-order valence-electron chi connectivity index (χ4n) is 1.31. The zero-order valence-corrected chi connectivity index (χ0v) is 9.17. The molecular weight excluding hydrogens is 222 g/mol. The van der Waals surface area contributed by atoms with Crippen LogP contribution in [0.5, 0.6) is 5.75 Å². The number of aromatic nitrogens is 4. The number of benzene rings is 1. The highest BCUT2D eigenvalue weighted by Crippen LogP contribution is 2.16. The second kappa shape index (κ2) is 5.06. The quantitative estimate of drug-likeness (QED) is 0.796. The topological polar surface area (TPSA) is 92.8 Å². The number of carbonyl (C=O) groups is 1. The smallest absolute Gasteiger partial charge is 0.232 e. The molecule has 0 atom stereocenters. The van der Waals surface area contributed by atoms with Gasteiger partial charge in [0.1, 0.15) is 5.75 Å². The van der Waals surface area contributed by atoms with Crippen LogP contribution in [0.2, 0.25) is 0 Å². The molecule has 2 N–H and O–H groups in total. The van der Waals surface area contributed by atoms with Gasteiger partial charge in [0.2, 0.25) is 5.91 Å². The van der Waals surface area contributed by atoms with Gasteiger partial charge in [-0.1, -0.05) is 11.3 Å². The summed E-state index contributed by atoms with van der Waals surface area (Å²) in [6, 6.07) is 7.10. The Labute approximate surface area is 97.2 Å². The lowest BCUT2D eigenvalue weighted by atomic mass is 10.3. The van der Waals surface area contributed by atoms with Crippen LogP contribution in [0.25, 0.3) is 0 Å². The van der Waals surface area contributed by atoms with Gasteiger partial charge in [-0.3, -0.25) is 4.79 Å². The lowest BCUT2D eigenvalue weighted by Crippen LogP contribution is -2.15. The van der Waals surface area contributed by atoms with Crippen LogP contribution in [0.3, 0.4) is 0 Å². The number of rotatable bonds is 4. The Kier molecular flexibility index (Phi) is 3.29. The van der Waals surface area contributed by atoms with Crippen molar-refractivity contribution in [3.8, 4) is 5.75 Å². The lowest BCUT2D eigenvalue weighted by molar-refractivity contribution is -0.115. The molecule has 0 saturated carbocycles. The first-order chi connectivity index (χ1) is 8.28. The third-order valence-electron chi connectivity index (χ3n) is 2.06. The molecule has 0 aliphatic rings. The van der Waals surface area contributed by atoms with Gasteiger partial charge in [0.25, 0.3) is 0 Å². The maximum absolute atomic E-state index is 11.6. The summed E-state index contributed by atoms with van der Waals surface area (Å²) in [7, 11) is 1.57. The number of ether oxygens (including phenoxy) is 1. The van der Waals surface area contributed by atoms with Crippen LogP contribution in [-0.4, -0.2) is 33.6 Å². The number of hydrogen-bond acceptors (Lipinski definition) is 5. The number of H-pyrrole nitrogens is 1.